The Balaban J connectivity index is 1.58. The number of likely N-dealkylation sites (N-methyl/N-ethyl adjacent to an activating group) is 1. The van der Waals surface area contributed by atoms with Crippen molar-refractivity contribution in [3.63, 3.8) is 0 Å². The topological polar surface area (TPSA) is 33.1 Å². The van der Waals surface area contributed by atoms with Gasteiger partial charge in [0.15, 0.2) is 0 Å². The van der Waals surface area contributed by atoms with Crippen LogP contribution in [-0.4, -0.2) is 41.4 Å². The fraction of sp³-hybridized carbons (Fsp3) is 0.667. The van der Waals surface area contributed by atoms with Gasteiger partial charge in [0.2, 0.25) is 0 Å². The third kappa shape index (κ3) is 3.61. The largest absolute Gasteiger partial charge is 0.310 e. The number of nitrogens with zero attached hydrogens (tertiary/aromatic N) is 3. The Bertz CT molecular complexity index is 739. The van der Waals surface area contributed by atoms with Crippen LogP contribution in [0.1, 0.15) is 57.7 Å². The van der Waals surface area contributed by atoms with Crippen molar-refractivity contribution in [2.24, 2.45) is 11.3 Å². The number of piperidine rings is 2. The van der Waals surface area contributed by atoms with Gasteiger partial charge in [0.25, 0.3) is 0 Å². The molecule has 25 heavy (non-hydrogen) atoms. The molecular weight excluding hydrogens is 308 g/mol. The Morgan fingerprint density at radius 3 is 2.80 bits per heavy atom. The SMILES string of the molecule is C[C@H]1CC[C@H](c2ccc3cn([C@H]4CN(C)CC(C)(C)C4)nc3c2)NC1. The molecule has 1 aromatic heterocycles. The first-order chi connectivity index (χ1) is 11.9. The standard InChI is InChI=1S/C21H32N4/c1-15-5-8-19(22-11-15)16-6-7-17-12-25(23-20(17)9-16)18-10-21(2,3)14-24(4)13-18/h6-7,9,12,15,18-19,22H,5,8,10-11,13-14H2,1-4H3/t15-,18+,19+/m0/s1. The smallest absolute Gasteiger partial charge is 0.0926 e. The molecule has 0 aliphatic carbocycles. The van der Waals surface area contributed by atoms with E-state index in [4.69, 9.17) is 5.10 Å². The van der Waals surface area contributed by atoms with Crippen LogP contribution in [0.4, 0.5) is 0 Å². The lowest BCUT2D eigenvalue weighted by molar-refractivity contribution is 0.0925. The minimum Gasteiger partial charge on any atom is -0.310 e. The monoisotopic (exact) mass is 340 g/mol. The lowest BCUT2D eigenvalue weighted by atomic mass is 9.82. The van der Waals surface area contributed by atoms with Gasteiger partial charge in [0.1, 0.15) is 0 Å². The van der Waals surface area contributed by atoms with E-state index >= 15 is 0 Å². The van der Waals surface area contributed by atoms with Gasteiger partial charge in [-0.25, -0.2) is 0 Å². The second-order valence-corrected chi connectivity index (χ2v) is 9.29. The highest BCUT2D eigenvalue weighted by molar-refractivity contribution is 5.78. The van der Waals surface area contributed by atoms with Gasteiger partial charge in [-0.2, -0.15) is 5.10 Å². The summed E-state index contributed by atoms with van der Waals surface area (Å²) in [4.78, 5) is 2.44. The Hall–Kier alpha value is -1.39. The van der Waals surface area contributed by atoms with E-state index in [0.717, 1.165) is 24.5 Å². The van der Waals surface area contributed by atoms with Gasteiger partial charge < -0.3 is 10.2 Å². The summed E-state index contributed by atoms with van der Waals surface area (Å²) >= 11 is 0. The average molecular weight is 341 g/mol. The minimum atomic E-state index is 0.351. The van der Waals surface area contributed by atoms with Gasteiger partial charge in [0, 0.05) is 30.7 Å². The van der Waals surface area contributed by atoms with Crippen molar-refractivity contribution in [3.05, 3.63) is 30.0 Å². The van der Waals surface area contributed by atoms with Crippen molar-refractivity contribution < 1.29 is 0 Å². The van der Waals surface area contributed by atoms with Crippen LogP contribution < -0.4 is 5.32 Å². The summed E-state index contributed by atoms with van der Waals surface area (Å²) in [5, 5.41) is 9.93. The number of hydrogen-bond acceptors (Lipinski definition) is 3. The van der Waals surface area contributed by atoms with E-state index in [0.29, 0.717) is 17.5 Å². The summed E-state index contributed by atoms with van der Waals surface area (Å²) in [7, 11) is 2.23. The Morgan fingerprint density at radius 1 is 1.24 bits per heavy atom. The fourth-order valence-corrected chi connectivity index (χ4v) is 4.84. The molecule has 0 saturated carbocycles. The molecule has 0 bridgehead atoms. The highest BCUT2D eigenvalue weighted by atomic mass is 15.3. The molecule has 4 heteroatoms. The molecule has 136 valence electrons. The molecular formula is C21H32N4. The molecule has 0 radical (unpaired) electrons. The van der Waals surface area contributed by atoms with Crippen LogP contribution in [0, 0.1) is 11.3 Å². The predicted octanol–water partition coefficient (Wildman–Crippen LogP) is 4.00. The van der Waals surface area contributed by atoms with E-state index in [1.165, 1.54) is 36.8 Å². The van der Waals surface area contributed by atoms with Gasteiger partial charge in [0.05, 0.1) is 11.6 Å². The Morgan fingerprint density at radius 2 is 2.08 bits per heavy atom. The second kappa shape index (κ2) is 6.40. The zero-order chi connectivity index (χ0) is 17.6. The molecule has 2 saturated heterocycles. The van der Waals surface area contributed by atoms with Crippen LogP contribution >= 0.6 is 0 Å². The number of benzene rings is 1. The van der Waals surface area contributed by atoms with E-state index in [2.05, 4.69) is 67.1 Å². The lowest BCUT2D eigenvalue weighted by Crippen LogP contribution is -2.43. The van der Waals surface area contributed by atoms with E-state index in [1.807, 2.05) is 0 Å². The fourth-order valence-electron chi connectivity index (χ4n) is 4.84. The first-order valence-electron chi connectivity index (χ1n) is 9.80. The molecule has 0 unspecified atom stereocenters. The molecule has 3 heterocycles. The quantitative estimate of drug-likeness (QED) is 0.897. The van der Waals surface area contributed by atoms with Crippen molar-refractivity contribution in [2.75, 3.05) is 26.7 Å². The van der Waals surface area contributed by atoms with Crippen molar-refractivity contribution in [3.8, 4) is 0 Å². The van der Waals surface area contributed by atoms with Crippen molar-refractivity contribution in [1.82, 2.24) is 20.0 Å². The van der Waals surface area contributed by atoms with Gasteiger partial charge in [-0.1, -0.05) is 32.9 Å². The molecule has 2 aromatic rings. The maximum Gasteiger partial charge on any atom is 0.0926 e. The van der Waals surface area contributed by atoms with Crippen LogP contribution in [0.15, 0.2) is 24.4 Å². The summed E-state index contributed by atoms with van der Waals surface area (Å²) < 4.78 is 2.22. The van der Waals surface area contributed by atoms with Crippen LogP contribution in [0.5, 0.6) is 0 Å². The zero-order valence-corrected chi connectivity index (χ0v) is 16.1. The zero-order valence-electron chi connectivity index (χ0n) is 16.1. The van der Waals surface area contributed by atoms with E-state index < -0.39 is 0 Å². The molecule has 4 nitrogen and oxygen atoms in total. The normalized spacial score (nSPS) is 30.6. The summed E-state index contributed by atoms with van der Waals surface area (Å²) in [5.74, 6) is 0.797. The average Bonchev–Trinajstić information content (AvgIpc) is 2.97. The third-order valence-corrected chi connectivity index (χ3v) is 5.99. The maximum atomic E-state index is 4.97. The van der Waals surface area contributed by atoms with Crippen molar-refractivity contribution in [2.45, 2.75) is 52.1 Å². The Labute approximate surface area is 151 Å². The first-order valence-corrected chi connectivity index (χ1v) is 9.80. The summed E-state index contributed by atoms with van der Waals surface area (Å²) in [5.41, 5.74) is 2.89. The maximum absolute atomic E-state index is 4.97. The molecule has 2 aliphatic heterocycles. The number of fused-ring (bicyclic) bond motifs is 1. The molecule has 1 N–H and O–H groups in total. The van der Waals surface area contributed by atoms with Crippen LogP contribution in [0.3, 0.4) is 0 Å². The number of likely N-dealkylation sites (tertiary alicyclic amines) is 1. The summed E-state index contributed by atoms with van der Waals surface area (Å²) in [6.45, 7) is 10.4. The van der Waals surface area contributed by atoms with E-state index in [-0.39, 0.29) is 0 Å². The van der Waals surface area contributed by atoms with Crippen LogP contribution in [0.2, 0.25) is 0 Å². The van der Waals surface area contributed by atoms with Gasteiger partial charge in [-0.3, -0.25) is 4.68 Å². The lowest BCUT2D eigenvalue weighted by Gasteiger charge is -2.40. The van der Waals surface area contributed by atoms with Crippen molar-refractivity contribution >= 4 is 10.9 Å². The molecule has 0 spiro atoms. The van der Waals surface area contributed by atoms with Gasteiger partial charge in [-0.15, -0.1) is 0 Å². The number of aromatic nitrogens is 2. The van der Waals surface area contributed by atoms with Crippen LogP contribution in [0.25, 0.3) is 10.9 Å². The Kier molecular flexibility index (Phi) is 4.37. The van der Waals surface area contributed by atoms with Crippen molar-refractivity contribution in [1.29, 1.82) is 0 Å². The molecule has 4 rings (SSSR count). The number of rotatable bonds is 2. The predicted molar refractivity (Wildman–Crippen MR) is 104 cm³/mol. The highest BCUT2D eigenvalue weighted by Crippen LogP contribution is 2.35. The van der Waals surface area contributed by atoms with Gasteiger partial charge >= 0.3 is 0 Å². The summed E-state index contributed by atoms with van der Waals surface area (Å²) in [6, 6.07) is 7.81. The minimum absolute atomic E-state index is 0.351. The van der Waals surface area contributed by atoms with Crippen LogP contribution in [-0.2, 0) is 0 Å². The molecule has 0 amide bonds. The second-order valence-electron chi connectivity index (χ2n) is 9.29. The third-order valence-electron chi connectivity index (χ3n) is 5.99. The summed E-state index contributed by atoms with van der Waals surface area (Å²) in [6.07, 6.45) is 5.98. The van der Waals surface area contributed by atoms with Gasteiger partial charge in [-0.05, 0) is 55.8 Å². The first kappa shape index (κ1) is 17.0. The molecule has 3 atom stereocenters. The number of nitrogens with one attached hydrogen (secondary N) is 1. The number of hydrogen-bond donors (Lipinski definition) is 1. The molecule has 2 aliphatic rings. The van der Waals surface area contributed by atoms with E-state index in [1.54, 1.807) is 0 Å². The van der Waals surface area contributed by atoms with E-state index in [9.17, 15) is 0 Å². The molecule has 1 aromatic carbocycles. The molecule has 2 fully saturated rings. The highest BCUT2D eigenvalue weighted by Gasteiger charge is 2.32.